The number of amides is 3. The second-order valence-corrected chi connectivity index (χ2v) is 7.90. The maximum atomic E-state index is 12.0. The molecule has 1 aromatic heterocycles. The van der Waals surface area contributed by atoms with Gasteiger partial charge in [-0.05, 0) is 19.1 Å². The average molecular weight is 465 g/mol. The number of piperazine rings is 1. The molecule has 3 N–H and O–H groups in total. The Bertz CT molecular complexity index is 1150. The third-order valence-corrected chi connectivity index (χ3v) is 5.57. The van der Waals surface area contributed by atoms with E-state index in [9.17, 15) is 19.5 Å². The van der Waals surface area contributed by atoms with Crippen LogP contribution in [0.4, 0.5) is 5.82 Å². The predicted octanol–water partition coefficient (Wildman–Crippen LogP) is 0.102. The van der Waals surface area contributed by atoms with Crippen molar-refractivity contribution in [3.05, 3.63) is 41.6 Å². The molecule has 0 aliphatic carbocycles. The highest BCUT2D eigenvalue weighted by Crippen LogP contribution is 2.22. The van der Waals surface area contributed by atoms with E-state index in [0.717, 1.165) is 0 Å². The van der Waals surface area contributed by atoms with Crippen LogP contribution in [0.1, 0.15) is 29.9 Å². The van der Waals surface area contributed by atoms with Gasteiger partial charge in [-0.15, -0.1) is 0 Å². The normalized spacial score (nSPS) is 14.1. The number of likely N-dealkylation sites (N-methyl/N-ethyl adjacent to an activating group) is 1. The van der Waals surface area contributed by atoms with Crippen LogP contribution < -0.4 is 10.6 Å². The highest BCUT2D eigenvalue weighted by atomic mass is 16.3. The minimum Gasteiger partial charge on any atom is -0.372 e. The van der Waals surface area contributed by atoms with E-state index in [4.69, 9.17) is 5.73 Å². The van der Waals surface area contributed by atoms with E-state index in [-0.39, 0.29) is 11.6 Å². The summed E-state index contributed by atoms with van der Waals surface area (Å²) in [5.41, 5.74) is 6.74. The van der Waals surface area contributed by atoms with E-state index in [1.807, 2.05) is 4.90 Å². The Morgan fingerprint density at radius 1 is 1.18 bits per heavy atom. The molecule has 1 atom stereocenters. The number of hydrogen-bond donors (Lipinski definition) is 2. The lowest BCUT2D eigenvalue weighted by Crippen LogP contribution is -2.48. The van der Waals surface area contributed by atoms with Gasteiger partial charge in [-0.2, -0.15) is 0 Å². The minimum absolute atomic E-state index is 0.0203. The molecular formula is C24H28N6O4. The van der Waals surface area contributed by atoms with E-state index in [2.05, 4.69) is 21.8 Å². The van der Waals surface area contributed by atoms with E-state index >= 15 is 0 Å². The van der Waals surface area contributed by atoms with Gasteiger partial charge in [0.15, 0.2) is 11.9 Å². The molecule has 0 radical (unpaired) electrons. The van der Waals surface area contributed by atoms with Crippen molar-refractivity contribution in [3.8, 4) is 23.2 Å². The van der Waals surface area contributed by atoms with Gasteiger partial charge < -0.3 is 25.5 Å². The average Bonchev–Trinajstić information content (AvgIpc) is 2.86. The van der Waals surface area contributed by atoms with Crippen molar-refractivity contribution >= 4 is 23.5 Å². The van der Waals surface area contributed by atoms with Crippen LogP contribution in [0.15, 0.2) is 30.3 Å². The van der Waals surface area contributed by atoms with Crippen molar-refractivity contribution in [2.24, 2.45) is 5.73 Å². The van der Waals surface area contributed by atoms with Crippen LogP contribution in [0.5, 0.6) is 0 Å². The van der Waals surface area contributed by atoms with Crippen molar-refractivity contribution in [2.45, 2.75) is 20.0 Å². The Morgan fingerprint density at radius 3 is 2.50 bits per heavy atom. The molecule has 10 nitrogen and oxygen atoms in total. The summed E-state index contributed by atoms with van der Waals surface area (Å²) in [4.78, 5) is 49.6. The minimum atomic E-state index is -1.43. The van der Waals surface area contributed by atoms with Gasteiger partial charge in [0.05, 0.1) is 0 Å². The molecule has 3 amide bonds. The number of benzene rings is 1. The molecule has 1 unspecified atom stereocenters. The zero-order valence-corrected chi connectivity index (χ0v) is 19.5. The Hall–Kier alpha value is -3.97. The molecule has 3 rings (SSSR count). The molecule has 2 heterocycles. The first-order valence-electron chi connectivity index (χ1n) is 10.9. The maximum Gasteiger partial charge on any atom is 0.267 e. The summed E-state index contributed by atoms with van der Waals surface area (Å²) < 4.78 is 0. The van der Waals surface area contributed by atoms with E-state index in [1.165, 1.54) is 11.8 Å². The summed E-state index contributed by atoms with van der Waals surface area (Å²) in [5.74, 6) is 5.07. The predicted molar refractivity (Wildman–Crippen MR) is 127 cm³/mol. The maximum absolute atomic E-state index is 12.0. The number of anilines is 1. The zero-order chi connectivity index (χ0) is 24.8. The van der Waals surface area contributed by atoms with Crippen molar-refractivity contribution in [3.63, 3.8) is 0 Å². The molecule has 0 spiro atoms. The van der Waals surface area contributed by atoms with Gasteiger partial charge in [0, 0.05) is 63.9 Å². The van der Waals surface area contributed by atoms with E-state index < -0.39 is 17.9 Å². The number of nitrogens with zero attached hydrogens (tertiary/aromatic N) is 5. The molecular weight excluding hydrogens is 436 g/mol. The molecule has 10 heteroatoms. The highest BCUT2D eigenvalue weighted by molar-refractivity contribution is 5.92. The topological polar surface area (TPSA) is 133 Å². The van der Waals surface area contributed by atoms with Crippen molar-refractivity contribution in [1.29, 1.82) is 0 Å². The first-order valence-corrected chi connectivity index (χ1v) is 10.9. The van der Waals surface area contributed by atoms with Crippen molar-refractivity contribution < 1.29 is 19.5 Å². The Morgan fingerprint density at radius 2 is 1.88 bits per heavy atom. The smallest absolute Gasteiger partial charge is 0.267 e. The van der Waals surface area contributed by atoms with Crippen LogP contribution >= 0.6 is 0 Å². The van der Waals surface area contributed by atoms with Crippen LogP contribution in [0.2, 0.25) is 0 Å². The fourth-order valence-corrected chi connectivity index (χ4v) is 3.42. The third kappa shape index (κ3) is 5.88. The molecule has 0 saturated carbocycles. The SMILES string of the molecule is CCN(C)C(=O)C(O)C#Cc1cccc(-c2nc(C(N)=O)cc(N3CCN(C(C)=O)CC3)n2)c1. The van der Waals surface area contributed by atoms with Crippen LogP contribution in [-0.2, 0) is 9.59 Å². The zero-order valence-electron chi connectivity index (χ0n) is 19.5. The number of aliphatic hydroxyl groups excluding tert-OH is 1. The first kappa shape index (κ1) is 24.7. The molecule has 1 aromatic carbocycles. The second kappa shape index (κ2) is 10.8. The molecule has 34 heavy (non-hydrogen) atoms. The van der Waals surface area contributed by atoms with Crippen LogP contribution in [0.25, 0.3) is 11.4 Å². The Kier molecular flexibility index (Phi) is 7.81. The van der Waals surface area contributed by atoms with Gasteiger partial charge in [-0.1, -0.05) is 24.0 Å². The summed E-state index contributed by atoms with van der Waals surface area (Å²) in [7, 11) is 1.59. The fourth-order valence-electron chi connectivity index (χ4n) is 3.42. The van der Waals surface area contributed by atoms with Gasteiger partial charge in [0.2, 0.25) is 5.91 Å². The van der Waals surface area contributed by atoms with Gasteiger partial charge >= 0.3 is 0 Å². The summed E-state index contributed by atoms with van der Waals surface area (Å²) in [6.45, 7) is 6.05. The van der Waals surface area contributed by atoms with Gasteiger partial charge in [0.25, 0.3) is 11.8 Å². The molecule has 0 bridgehead atoms. The number of aromatic nitrogens is 2. The summed E-state index contributed by atoms with van der Waals surface area (Å²) in [6.07, 6.45) is -1.43. The number of carbonyl (C=O) groups is 3. The van der Waals surface area contributed by atoms with E-state index in [1.54, 1.807) is 49.2 Å². The van der Waals surface area contributed by atoms with Gasteiger partial charge in [-0.3, -0.25) is 14.4 Å². The fraction of sp³-hybridized carbons (Fsp3) is 0.375. The monoisotopic (exact) mass is 464 g/mol. The summed E-state index contributed by atoms with van der Waals surface area (Å²) >= 11 is 0. The highest BCUT2D eigenvalue weighted by Gasteiger charge is 2.22. The number of carbonyl (C=O) groups excluding carboxylic acids is 3. The molecule has 1 saturated heterocycles. The lowest BCUT2D eigenvalue weighted by Gasteiger charge is -2.35. The molecule has 1 fully saturated rings. The van der Waals surface area contributed by atoms with Crippen LogP contribution in [-0.4, -0.2) is 88.5 Å². The first-order chi connectivity index (χ1) is 16.2. The number of primary amides is 1. The Balaban J connectivity index is 1.89. The van der Waals surface area contributed by atoms with Crippen molar-refractivity contribution in [1.82, 2.24) is 19.8 Å². The second-order valence-electron chi connectivity index (χ2n) is 7.90. The van der Waals surface area contributed by atoms with Crippen molar-refractivity contribution in [2.75, 3.05) is 44.7 Å². The lowest BCUT2D eigenvalue weighted by atomic mass is 10.1. The largest absolute Gasteiger partial charge is 0.372 e. The standard InChI is InChI=1S/C24H28N6O4/c1-4-28(3)24(34)20(32)9-8-17-6-5-7-18(14-17)23-26-19(22(25)33)15-21(27-23)30-12-10-29(11-13-30)16(2)31/h5-7,14-15,20,32H,4,10-13H2,1-3H3,(H2,25,33). The van der Waals surface area contributed by atoms with E-state index in [0.29, 0.717) is 55.5 Å². The quantitative estimate of drug-likeness (QED) is 0.600. The molecule has 2 aromatic rings. The molecule has 1 aliphatic heterocycles. The summed E-state index contributed by atoms with van der Waals surface area (Å²) in [6, 6.07) is 8.51. The van der Waals surface area contributed by atoms with Crippen LogP contribution in [0, 0.1) is 11.8 Å². The molecule has 178 valence electrons. The third-order valence-electron chi connectivity index (χ3n) is 5.57. The molecule has 1 aliphatic rings. The number of aliphatic hydroxyl groups is 1. The Labute approximate surface area is 198 Å². The van der Waals surface area contributed by atoms with Gasteiger partial charge in [0.1, 0.15) is 11.5 Å². The van der Waals surface area contributed by atoms with Crippen LogP contribution in [0.3, 0.4) is 0 Å². The van der Waals surface area contributed by atoms with Gasteiger partial charge in [-0.25, -0.2) is 9.97 Å². The number of rotatable bonds is 5. The summed E-state index contributed by atoms with van der Waals surface area (Å²) in [5, 5.41) is 10.0. The lowest BCUT2D eigenvalue weighted by molar-refractivity contribution is -0.135. The number of nitrogens with two attached hydrogens (primary N) is 1. The number of hydrogen-bond acceptors (Lipinski definition) is 7.